The lowest BCUT2D eigenvalue weighted by Crippen LogP contribution is -2.47. The molecule has 1 fully saturated rings. The largest absolute Gasteiger partial charge is 0.361 e. The van der Waals surface area contributed by atoms with E-state index >= 15 is 0 Å². The first-order valence-electron chi connectivity index (χ1n) is 10.6. The number of nitrogens with zero attached hydrogens (tertiary/aromatic N) is 3. The molecule has 7 nitrogen and oxygen atoms in total. The maximum absolute atomic E-state index is 12.3. The van der Waals surface area contributed by atoms with Crippen LogP contribution in [0.1, 0.15) is 0 Å². The van der Waals surface area contributed by atoms with Gasteiger partial charge in [-0.1, -0.05) is 29.5 Å². The number of hydrogen-bond donors (Lipinski definition) is 3. The highest BCUT2D eigenvalue weighted by Crippen LogP contribution is 2.33. The van der Waals surface area contributed by atoms with E-state index in [0.29, 0.717) is 11.7 Å². The molecule has 1 aliphatic rings. The van der Waals surface area contributed by atoms with Crippen LogP contribution in [0.15, 0.2) is 48.7 Å². The van der Waals surface area contributed by atoms with Gasteiger partial charge in [0.15, 0.2) is 5.13 Å². The third kappa shape index (κ3) is 4.41. The standard InChI is InChI=1S/C23H26N6OS/c1-28-11-13-29(14-12-28)10-9-25-22(30)27-23-26-20-6-5-16(15-21(20)31-23)17-3-2-4-19-18(17)7-8-24-19/h2-8,15,24H,9-14H2,1H3,(H2,25,26,27,30). The van der Waals surface area contributed by atoms with Crippen molar-refractivity contribution in [3.63, 3.8) is 0 Å². The van der Waals surface area contributed by atoms with Gasteiger partial charge in [0.1, 0.15) is 0 Å². The summed E-state index contributed by atoms with van der Waals surface area (Å²) >= 11 is 1.50. The van der Waals surface area contributed by atoms with Crippen LogP contribution in [0.3, 0.4) is 0 Å². The number of anilines is 1. The summed E-state index contributed by atoms with van der Waals surface area (Å²) in [5, 5.41) is 7.65. The summed E-state index contributed by atoms with van der Waals surface area (Å²) in [5.74, 6) is 0. The molecular formula is C23H26N6OS. The van der Waals surface area contributed by atoms with E-state index in [4.69, 9.17) is 0 Å². The highest BCUT2D eigenvalue weighted by Gasteiger charge is 2.14. The third-order valence-electron chi connectivity index (χ3n) is 5.82. The van der Waals surface area contributed by atoms with Gasteiger partial charge in [0, 0.05) is 56.4 Å². The lowest BCUT2D eigenvalue weighted by atomic mass is 10.0. The minimum atomic E-state index is -0.203. The molecule has 0 aliphatic carbocycles. The van der Waals surface area contributed by atoms with Crippen LogP contribution in [0.25, 0.3) is 32.2 Å². The van der Waals surface area contributed by atoms with E-state index in [1.807, 2.05) is 12.3 Å². The molecule has 1 aliphatic heterocycles. The van der Waals surface area contributed by atoms with Gasteiger partial charge >= 0.3 is 6.03 Å². The molecule has 1 saturated heterocycles. The highest BCUT2D eigenvalue weighted by atomic mass is 32.1. The Morgan fingerprint density at radius 1 is 1.16 bits per heavy atom. The summed E-state index contributed by atoms with van der Waals surface area (Å²) in [4.78, 5) is 24.8. The number of carbonyl (C=O) groups excluding carboxylic acids is 1. The van der Waals surface area contributed by atoms with Crippen LogP contribution in [-0.2, 0) is 0 Å². The van der Waals surface area contributed by atoms with Gasteiger partial charge < -0.3 is 15.2 Å². The van der Waals surface area contributed by atoms with Crippen molar-refractivity contribution in [1.82, 2.24) is 25.1 Å². The average Bonchev–Trinajstić information content (AvgIpc) is 3.40. The maximum Gasteiger partial charge on any atom is 0.321 e. The molecule has 3 N–H and O–H groups in total. The smallest absolute Gasteiger partial charge is 0.321 e. The number of hydrogen-bond acceptors (Lipinski definition) is 5. The van der Waals surface area contributed by atoms with Crippen LogP contribution in [0.4, 0.5) is 9.93 Å². The molecule has 160 valence electrons. The zero-order chi connectivity index (χ0) is 21.2. The van der Waals surface area contributed by atoms with Crippen molar-refractivity contribution < 1.29 is 4.79 Å². The molecule has 0 saturated carbocycles. The van der Waals surface area contributed by atoms with Gasteiger partial charge in [-0.05, 0) is 42.4 Å². The van der Waals surface area contributed by atoms with E-state index in [-0.39, 0.29) is 6.03 Å². The van der Waals surface area contributed by atoms with Crippen molar-refractivity contribution in [2.24, 2.45) is 0 Å². The fraction of sp³-hybridized carbons (Fsp3) is 0.304. The van der Waals surface area contributed by atoms with Gasteiger partial charge in [-0.3, -0.25) is 10.2 Å². The second-order valence-electron chi connectivity index (χ2n) is 7.97. The molecule has 5 rings (SSSR count). The van der Waals surface area contributed by atoms with Crippen LogP contribution in [0.2, 0.25) is 0 Å². The van der Waals surface area contributed by atoms with E-state index in [1.165, 1.54) is 22.3 Å². The fourth-order valence-corrected chi connectivity index (χ4v) is 4.92. The normalized spacial score (nSPS) is 15.5. The number of aromatic amines is 1. The summed E-state index contributed by atoms with van der Waals surface area (Å²) in [6.45, 7) is 5.77. The van der Waals surface area contributed by atoms with Gasteiger partial charge in [0.25, 0.3) is 0 Å². The van der Waals surface area contributed by atoms with E-state index in [9.17, 15) is 4.79 Å². The van der Waals surface area contributed by atoms with Crippen molar-refractivity contribution in [1.29, 1.82) is 0 Å². The van der Waals surface area contributed by atoms with Crippen molar-refractivity contribution in [3.8, 4) is 11.1 Å². The lowest BCUT2D eigenvalue weighted by molar-refractivity contribution is 0.155. The average molecular weight is 435 g/mol. The van der Waals surface area contributed by atoms with Crippen LogP contribution >= 0.6 is 11.3 Å². The number of rotatable bonds is 5. The molecule has 2 aromatic carbocycles. The maximum atomic E-state index is 12.3. The number of fused-ring (bicyclic) bond motifs is 2. The Morgan fingerprint density at radius 3 is 2.90 bits per heavy atom. The molecule has 8 heteroatoms. The van der Waals surface area contributed by atoms with Gasteiger partial charge in [0.2, 0.25) is 0 Å². The van der Waals surface area contributed by atoms with Gasteiger partial charge in [-0.25, -0.2) is 9.78 Å². The Balaban J connectivity index is 1.23. The minimum Gasteiger partial charge on any atom is -0.361 e. The Kier molecular flexibility index (Phi) is 5.59. The first kappa shape index (κ1) is 20.0. The summed E-state index contributed by atoms with van der Waals surface area (Å²) in [6, 6.07) is 14.4. The van der Waals surface area contributed by atoms with Crippen LogP contribution < -0.4 is 10.6 Å². The quantitative estimate of drug-likeness (QED) is 0.446. The van der Waals surface area contributed by atoms with Crippen LogP contribution in [0.5, 0.6) is 0 Å². The monoisotopic (exact) mass is 434 g/mol. The fourth-order valence-electron chi connectivity index (χ4n) is 4.02. The number of carbonyl (C=O) groups is 1. The molecule has 0 bridgehead atoms. The van der Waals surface area contributed by atoms with E-state index in [2.05, 4.69) is 73.8 Å². The second-order valence-corrected chi connectivity index (χ2v) is 9.00. The lowest BCUT2D eigenvalue weighted by Gasteiger charge is -2.32. The van der Waals surface area contributed by atoms with Gasteiger partial charge in [-0.2, -0.15) is 0 Å². The zero-order valence-corrected chi connectivity index (χ0v) is 18.3. The summed E-state index contributed by atoms with van der Waals surface area (Å²) in [5.41, 5.74) is 4.34. The Morgan fingerprint density at radius 2 is 2.03 bits per heavy atom. The number of nitrogens with one attached hydrogen (secondary N) is 3. The van der Waals surface area contributed by atoms with Gasteiger partial charge in [-0.15, -0.1) is 0 Å². The zero-order valence-electron chi connectivity index (χ0n) is 17.5. The van der Waals surface area contributed by atoms with Gasteiger partial charge in [0.05, 0.1) is 10.2 Å². The molecule has 0 spiro atoms. The van der Waals surface area contributed by atoms with Crippen LogP contribution in [0, 0.1) is 0 Å². The molecular weight excluding hydrogens is 408 g/mol. The number of urea groups is 1. The Bertz CT molecular complexity index is 1210. The van der Waals surface area contributed by atoms with Crippen molar-refractivity contribution in [2.75, 3.05) is 51.6 Å². The molecule has 0 unspecified atom stereocenters. The topological polar surface area (TPSA) is 76.3 Å². The van der Waals surface area contributed by atoms with Crippen molar-refractivity contribution in [2.45, 2.75) is 0 Å². The summed E-state index contributed by atoms with van der Waals surface area (Å²) in [7, 11) is 2.14. The number of piperazine rings is 1. The van der Waals surface area contributed by atoms with Crippen molar-refractivity contribution >= 4 is 43.6 Å². The number of likely N-dealkylation sites (N-methyl/N-ethyl adjacent to an activating group) is 1. The summed E-state index contributed by atoms with van der Waals surface area (Å²) < 4.78 is 1.05. The SMILES string of the molecule is CN1CCN(CCNC(=O)Nc2nc3ccc(-c4cccc5[nH]ccc45)cc3s2)CC1. The molecule has 3 heterocycles. The van der Waals surface area contributed by atoms with E-state index in [0.717, 1.165) is 54.0 Å². The van der Waals surface area contributed by atoms with Crippen LogP contribution in [-0.4, -0.2) is 72.1 Å². The number of benzene rings is 2. The predicted octanol–water partition coefficient (Wildman–Crippen LogP) is 3.81. The van der Waals surface area contributed by atoms with Crippen molar-refractivity contribution in [3.05, 3.63) is 48.7 Å². The Hall–Kier alpha value is -2.94. The predicted molar refractivity (Wildman–Crippen MR) is 128 cm³/mol. The second kappa shape index (κ2) is 8.66. The number of amides is 2. The third-order valence-corrected chi connectivity index (χ3v) is 6.76. The first-order chi connectivity index (χ1) is 15.2. The van der Waals surface area contributed by atoms with E-state index < -0.39 is 0 Å². The van der Waals surface area contributed by atoms with E-state index in [1.54, 1.807) is 0 Å². The highest BCUT2D eigenvalue weighted by molar-refractivity contribution is 7.22. The first-order valence-corrected chi connectivity index (χ1v) is 11.4. The molecule has 2 aromatic heterocycles. The molecule has 31 heavy (non-hydrogen) atoms. The molecule has 0 radical (unpaired) electrons. The summed E-state index contributed by atoms with van der Waals surface area (Å²) in [6.07, 6.45) is 1.96. The minimum absolute atomic E-state index is 0.203. The number of thiazole rings is 1. The number of H-pyrrole nitrogens is 1. The molecule has 4 aromatic rings. The number of aromatic nitrogens is 2. The molecule has 2 amide bonds. The molecule has 0 atom stereocenters. The Labute approximate surface area is 185 Å².